The van der Waals surface area contributed by atoms with Gasteiger partial charge in [0.25, 0.3) is 5.91 Å². The quantitative estimate of drug-likeness (QED) is 0.763. The van der Waals surface area contributed by atoms with Gasteiger partial charge in [0.1, 0.15) is 5.75 Å². The Labute approximate surface area is 161 Å². The molecular weight excluding hydrogens is 373 g/mol. The van der Waals surface area contributed by atoms with Crippen LogP contribution in [0.15, 0.2) is 12.1 Å². The van der Waals surface area contributed by atoms with Crippen LogP contribution in [0, 0.1) is 0 Å². The minimum atomic E-state index is -0.164. The van der Waals surface area contributed by atoms with E-state index in [1.807, 2.05) is 0 Å². The van der Waals surface area contributed by atoms with Crippen LogP contribution in [0.3, 0.4) is 0 Å². The number of rotatable bonds is 4. The van der Waals surface area contributed by atoms with Crippen molar-refractivity contribution in [1.29, 1.82) is 0 Å². The van der Waals surface area contributed by atoms with Gasteiger partial charge in [0.2, 0.25) is 0 Å². The fraction of sp³-hybridized carbons (Fsp3) is 0.562. The van der Waals surface area contributed by atoms with Gasteiger partial charge in [0.15, 0.2) is 0 Å². The van der Waals surface area contributed by atoms with E-state index in [-0.39, 0.29) is 36.8 Å². The first-order valence-electron chi connectivity index (χ1n) is 7.52. The molecule has 0 saturated heterocycles. The average molecular weight is 399 g/mol. The highest BCUT2D eigenvalue weighted by molar-refractivity contribution is 6.33. The van der Waals surface area contributed by atoms with Crippen LogP contribution in [0.2, 0.25) is 5.02 Å². The Bertz CT molecular complexity index is 556. The summed E-state index contributed by atoms with van der Waals surface area (Å²) in [6.07, 6.45) is 4.26. The number of nitrogen functional groups attached to an aromatic ring is 1. The summed E-state index contributed by atoms with van der Waals surface area (Å²) in [6.45, 7) is 0. The standard InChI is InChI=1S/C16H24ClN3O2.2ClH/c1-20(2)11-6-4-5-10(7-11)19-16(21)12-8-13(17)14(18)9-15(12)22-3;;/h8-11H,4-7,18H2,1-3H3,(H,19,21);2*1H. The third-order valence-electron chi connectivity index (χ3n) is 4.28. The monoisotopic (exact) mass is 397 g/mol. The van der Waals surface area contributed by atoms with Gasteiger partial charge in [-0.15, -0.1) is 24.8 Å². The van der Waals surface area contributed by atoms with Gasteiger partial charge in [-0.25, -0.2) is 0 Å². The molecule has 1 aromatic carbocycles. The number of ether oxygens (including phenoxy) is 1. The number of carbonyl (C=O) groups is 1. The summed E-state index contributed by atoms with van der Waals surface area (Å²) >= 11 is 6.03. The SMILES string of the molecule is COc1cc(N)c(Cl)cc1C(=O)NC1CCCC(N(C)C)C1.Cl.Cl. The Hall–Kier alpha value is -0.880. The molecule has 2 unspecified atom stereocenters. The number of nitrogens with two attached hydrogens (primary N) is 1. The summed E-state index contributed by atoms with van der Waals surface area (Å²) in [7, 11) is 5.68. The minimum Gasteiger partial charge on any atom is -0.496 e. The van der Waals surface area contributed by atoms with Gasteiger partial charge in [-0.1, -0.05) is 11.6 Å². The van der Waals surface area contributed by atoms with Crippen LogP contribution in [0.1, 0.15) is 36.0 Å². The summed E-state index contributed by atoms with van der Waals surface area (Å²) in [6, 6.07) is 3.84. The molecule has 1 saturated carbocycles. The van der Waals surface area contributed by atoms with E-state index >= 15 is 0 Å². The van der Waals surface area contributed by atoms with Crippen molar-refractivity contribution in [2.75, 3.05) is 26.9 Å². The van der Waals surface area contributed by atoms with Crippen molar-refractivity contribution < 1.29 is 9.53 Å². The Morgan fingerprint density at radius 1 is 1.33 bits per heavy atom. The van der Waals surface area contributed by atoms with Crippen molar-refractivity contribution in [2.45, 2.75) is 37.8 Å². The molecule has 0 aliphatic heterocycles. The van der Waals surface area contributed by atoms with Crippen molar-refractivity contribution in [1.82, 2.24) is 10.2 Å². The molecule has 1 aliphatic rings. The number of hydrogen-bond acceptors (Lipinski definition) is 4. The zero-order valence-corrected chi connectivity index (χ0v) is 16.6. The van der Waals surface area contributed by atoms with Crippen LogP contribution in [-0.2, 0) is 0 Å². The van der Waals surface area contributed by atoms with E-state index < -0.39 is 0 Å². The predicted molar refractivity (Wildman–Crippen MR) is 104 cm³/mol. The molecule has 1 fully saturated rings. The van der Waals surface area contributed by atoms with Gasteiger partial charge in [-0.05, 0) is 45.8 Å². The third-order valence-corrected chi connectivity index (χ3v) is 4.60. The second kappa shape index (κ2) is 10.2. The third kappa shape index (κ3) is 5.59. The van der Waals surface area contributed by atoms with Crippen molar-refractivity contribution >= 4 is 48.0 Å². The van der Waals surface area contributed by atoms with Crippen molar-refractivity contribution in [3.05, 3.63) is 22.7 Å². The molecule has 0 spiro atoms. The first-order valence-corrected chi connectivity index (χ1v) is 7.90. The molecule has 2 rings (SSSR count). The van der Waals surface area contributed by atoms with E-state index in [0.717, 1.165) is 19.3 Å². The van der Waals surface area contributed by atoms with Crippen LogP contribution in [0.25, 0.3) is 0 Å². The smallest absolute Gasteiger partial charge is 0.255 e. The number of carbonyl (C=O) groups excluding carboxylic acids is 1. The molecule has 138 valence electrons. The molecule has 1 amide bonds. The fourth-order valence-corrected chi connectivity index (χ4v) is 3.11. The molecule has 2 atom stereocenters. The molecular formula is C16H26Cl3N3O2. The lowest BCUT2D eigenvalue weighted by atomic mass is 9.90. The highest BCUT2D eigenvalue weighted by atomic mass is 35.5. The zero-order valence-electron chi connectivity index (χ0n) is 14.2. The molecule has 1 aromatic rings. The molecule has 0 heterocycles. The van der Waals surface area contributed by atoms with E-state index in [1.54, 1.807) is 12.1 Å². The zero-order chi connectivity index (χ0) is 16.3. The first-order chi connectivity index (χ1) is 10.4. The first kappa shape index (κ1) is 23.1. The molecule has 1 aliphatic carbocycles. The summed E-state index contributed by atoms with van der Waals surface area (Å²) in [5, 5.41) is 3.46. The second-order valence-electron chi connectivity index (χ2n) is 6.03. The maximum atomic E-state index is 12.5. The van der Waals surface area contributed by atoms with Crippen LogP contribution < -0.4 is 15.8 Å². The predicted octanol–water partition coefficient (Wildman–Crippen LogP) is 3.38. The average Bonchev–Trinajstić information content (AvgIpc) is 2.49. The van der Waals surface area contributed by atoms with Crippen LogP contribution in [0.5, 0.6) is 5.75 Å². The molecule has 24 heavy (non-hydrogen) atoms. The van der Waals surface area contributed by atoms with E-state index in [9.17, 15) is 4.79 Å². The molecule has 8 heteroatoms. The summed E-state index contributed by atoms with van der Waals surface area (Å²) in [5.41, 5.74) is 6.58. The lowest BCUT2D eigenvalue weighted by molar-refractivity contribution is 0.0908. The van der Waals surface area contributed by atoms with E-state index in [4.69, 9.17) is 22.1 Å². The van der Waals surface area contributed by atoms with Gasteiger partial charge in [0.05, 0.1) is 23.4 Å². The van der Waals surface area contributed by atoms with Crippen molar-refractivity contribution in [2.24, 2.45) is 0 Å². The second-order valence-corrected chi connectivity index (χ2v) is 6.44. The van der Waals surface area contributed by atoms with Gasteiger partial charge in [0, 0.05) is 18.2 Å². The summed E-state index contributed by atoms with van der Waals surface area (Å²) < 4.78 is 5.24. The van der Waals surface area contributed by atoms with Gasteiger partial charge in [-0.2, -0.15) is 0 Å². The number of methoxy groups -OCH3 is 1. The summed E-state index contributed by atoms with van der Waals surface area (Å²) in [4.78, 5) is 14.7. The molecule has 0 aromatic heterocycles. The maximum absolute atomic E-state index is 12.5. The van der Waals surface area contributed by atoms with Crippen LogP contribution in [0.4, 0.5) is 5.69 Å². The topological polar surface area (TPSA) is 67.6 Å². The fourth-order valence-electron chi connectivity index (χ4n) is 2.94. The number of nitrogens with one attached hydrogen (secondary N) is 1. The molecule has 0 bridgehead atoms. The van der Waals surface area contributed by atoms with Gasteiger partial charge >= 0.3 is 0 Å². The van der Waals surface area contributed by atoms with Gasteiger partial charge < -0.3 is 20.7 Å². The van der Waals surface area contributed by atoms with E-state index in [2.05, 4.69) is 24.3 Å². The molecule has 5 nitrogen and oxygen atoms in total. The van der Waals surface area contributed by atoms with Crippen LogP contribution >= 0.6 is 36.4 Å². The number of halogens is 3. The Balaban J connectivity index is 0.00000264. The number of nitrogens with zero attached hydrogens (tertiary/aromatic N) is 1. The number of amides is 1. The number of hydrogen-bond donors (Lipinski definition) is 2. The highest BCUT2D eigenvalue weighted by Gasteiger charge is 2.25. The lowest BCUT2D eigenvalue weighted by Gasteiger charge is -2.33. The van der Waals surface area contributed by atoms with Crippen LogP contribution in [-0.4, -0.2) is 44.1 Å². The number of benzene rings is 1. The van der Waals surface area contributed by atoms with Crippen molar-refractivity contribution in [3.63, 3.8) is 0 Å². The normalized spacial score (nSPS) is 19.9. The highest BCUT2D eigenvalue weighted by Crippen LogP contribution is 2.29. The summed E-state index contributed by atoms with van der Waals surface area (Å²) in [5.74, 6) is 0.280. The van der Waals surface area contributed by atoms with E-state index in [1.165, 1.54) is 13.5 Å². The van der Waals surface area contributed by atoms with E-state index in [0.29, 0.717) is 28.1 Å². The Morgan fingerprint density at radius 3 is 2.58 bits per heavy atom. The molecule has 3 N–H and O–H groups in total. The minimum absolute atomic E-state index is 0. The lowest BCUT2D eigenvalue weighted by Crippen LogP contribution is -2.43. The van der Waals surface area contributed by atoms with Crippen molar-refractivity contribution in [3.8, 4) is 5.75 Å². The molecule has 0 radical (unpaired) electrons. The number of anilines is 1. The Kier molecular flexibility index (Phi) is 9.81. The van der Waals surface area contributed by atoms with Gasteiger partial charge in [-0.3, -0.25) is 4.79 Å². The maximum Gasteiger partial charge on any atom is 0.255 e. The Morgan fingerprint density at radius 2 is 2.00 bits per heavy atom. The largest absolute Gasteiger partial charge is 0.496 e.